The van der Waals surface area contributed by atoms with Gasteiger partial charge in [-0.3, -0.25) is 11.6 Å². The molecule has 0 atom stereocenters. The molecule has 1 aromatic rings. The molecule has 0 bridgehead atoms. The zero-order chi connectivity index (χ0) is 10.0. The van der Waals surface area contributed by atoms with E-state index in [0.29, 0.717) is 0 Å². The summed E-state index contributed by atoms with van der Waals surface area (Å²) in [5.41, 5.74) is 5.11. The number of halogens is 1. The van der Waals surface area contributed by atoms with E-state index in [-0.39, 0.29) is 11.4 Å². The molecule has 0 fully saturated rings. The Hall–Kier alpha value is -1.85. The number of nitrogen functional groups attached to an aromatic ring is 2. The van der Waals surface area contributed by atoms with Crippen LogP contribution in [-0.2, 0) is 4.74 Å². The van der Waals surface area contributed by atoms with Crippen LogP contribution in [0.5, 0.6) is 0 Å². The van der Waals surface area contributed by atoms with Crippen LogP contribution in [0.4, 0.5) is 10.2 Å². The number of hydrogen-bond donors (Lipinski definition) is 2. The third-order valence-electron chi connectivity index (χ3n) is 1.51. The number of aromatic nitrogens is 1. The molecule has 1 aromatic heterocycles. The maximum atomic E-state index is 13.0. The van der Waals surface area contributed by atoms with Crippen molar-refractivity contribution in [1.29, 1.82) is 0 Å². The van der Waals surface area contributed by atoms with Crippen LogP contribution in [0.15, 0.2) is 12.3 Å². The van der Waals surface area contributed by atoms with E-state index in [9.17, 15) is 9.18 Å². The second-order valence-electron chi connectivity index (χ2n) is 2.36. The van der Waals surface area contributed by atoms with Gasteiger partial charge in [0, 0.05) is 6.07 Å². The first-order chi connectivity index (χ1) is 6.06. The summed E-state index contributed by atoms with van der Waals surface area (Å²) in [6.45, 7) is 0. The number of nitrogens with two attached hydrogens (primary N) is 2. The van der Waals surface area contributed by atoms with Crippen LogP contribution >= 0.6 is 0 Å². The molecule has 0 saturated heterocycles. The summed E-state index contributed by atoms with van der Waals surface area (Å²) in [5.74, 6) is 3.74. The first kappa shape index (κ1) is 9.24. The minimum Gasteiger partial charge on any atom is -0.465 e. The normalized spacial score (nSPS) is 9.69. The molecule has 13 heavy (non-hydrogen) atoms. The maximum absolute atomic E-state index is 13.0. The van der Waals surface area contributed by atoms with Gasteiger partial charge in [0.25, 0.3) is 5.82 Å². The Morgan fingerprint density at radius 2 is 2.31 bits per heavy atom. The fraction of sp³-hybridized carbons (Fsp3) is 0.143. The lowest BCUT2D eigenvalue weighted by atomic mass is 10.2. The van der Waals surface area contributed by atoms with Crippen LogP contribution in [0.3, 0.4) is 0 Å². The van der Waals surface area contributed by atoms with Crippen molar-refractivity contribution in [2.75, 3.05) is 18.7 Å². The Morgan fingerprint density at radius 1 is 1.69 bits per heavy atom. The third-order valence-corrected chi connectivity index (χ3v) is 1.51. The number of carbonyl (C=O) groups is 1. The van der Waals surface area contributed by atoms with Crippen LogP contribution in [0, 0.1) is 5.82 Å². The number of anilines is 1. The van der Waals surface area contributed by atoms with Crippen LogP contribution < -0.4 is 16.3 Å². The van der Waals surface area contributed by atoms with E-state index < -0.39 is 11.8 Å². The van der Waals surface area contributed by atoms with Crippen molar-refractivity contribution in [2.45, 2.75) is 0 Å². The number of nitrogens with zero attached hydrogens (tertiary/aromatic N) is 1. The second kappa shape index (κ2) is 3.26. The van der Waals surface area contributed by atoms with Gasteiger partial charge in [-0.25, -0.2) is 9.18 Å². The molecule has 0 aromatic carbocycles. The Labute approximate surface area is 73.7 Å². The Morgan fingerprint density at radius 3 is 2.85 bits per heavy atom. The van der Waals surface area contributed by atoms with Gasteiger partial charge in [-0.15, -0.1) is 4.68 Å². The van der Waals surface area contributed by atoms with Crippen molar-refractivity contribution in [3.8, 4) is 0 Å². The highest BCUT2D eigenvalue weighted by atomic mass is 19.1. The van der Waals surface area contributed by atoms with Gasteiger partial charge < -0.3 is 4.74 Å². The van der Waals surface area contributed by atoms with E-state index >= 15 is 0 Å². The summed E-state index contributed by atoms with van der Waals surface area (Å²) >= 11 is 0. The molecule has 0 unspecified atom stereocenters. The number of carbonyl (C=O) groups excluding carboxylic acids is 1. The highest BCUT2D eigenvalue weighted by molar-refractivity contribution is 5.89. The SMILES string of the molecule is COC(=O)c1cc(N)[n+](N)cc1F. The summed E-state index contributed by atoms with van der Waals surface area (Å²) in [4.78, 5) is 10.9. The Bertz CT molecular complexity index is 354. The van der Waals surface area contributed by atoms with Crippen LogP contribution in [0.25, 0.3) is 0 Å². The smallest absolute Gasteiger partial charge is 0.341 e. The lowest BCUT2D eigenvalue weighted by molar-refractivity contribution is -0.625. The minimum atomic E-state index is -0.787. The van der Waals surface area contributed by atoms with Crippen LogP contribution in [-0.4, -0.2) is 13.1 Å². The van der Waals surface area contributed by atoms with E-state index in [0.717, 1.165) is 24.0 Å². The van der Waals surface area contributed by atoms with Crippen LogP contribution in [0.2, 0.25) is 0 Å². The molecule has 0 aliphatic heterocycles. The van der Waals surface area contributed by atoms with Gasteiger partial charge >= 0.3 is 5.97 Å². The highest BCUT2D eigenvalue weighted by Gasteiger charge is 2.17. The molecule has 70 valence electrons. The van der Waals surface area contributed by atoms with E-state index in [1.54, 1.807) is 0 Å². The number of methoxy groups -OCH3 is 1. The molecule has 0 amide bonds. The first-order valence-electron chi connectivity index (χ1n) is 3.40. The first-order valence-corrected chi connectivity index (χ1v) is 3.40. The molecule has 0 spiro atoms. The monoisotopic (exact) mass is 186 g/mol. The summed E-state index contributed by atoms with van der Waals surface area (Å²) in [6, 6.07) is 1.11. The topological polar surface area (TPSA) is 82.2 Å². The fourth-order valence-electron chi connectivity index (χ4n) is 0.824. The van der Waals surface area contributed by atoms with Crippen molar-refractivity contribution in [3.05, 3.63) is 23.6 Å². The molecule has 6 heteroatoms. The van der Waals surface area contributed by atoms with Crippen molar-refractivity contribution in [3.63, 3.8) is 0 Å². The average Bonchev–Trinajstić information content (AvgIpc) is 2.10. The molecule has 1 heterocycles. The average molecular weight is 186 g/mol. The molecule has 0 aliphatic rings. The van der Waals surface area contributed by atoms with Gasteiger partial charge in [-0.05, 0) is 0 Å². The molecular formula is C7H9FN3O2+. The lowest BCUT2D eigenvalue weighted by Crippen LogP contribution is -2.47. The third kappa shape index (κ3) is 1.66. The van der Waals surface area contributed by atoms with Gasteiger partial charge in [0.05, 0.1) is 7.11 Å². The summed E-state index contributed by atoms with van der Waals surface area (Å²) in [5, 5.41) is 0. The van der Waals surface area contributed by atoms with Gasteiger partial charge in [-0.1, -0.05) is 0 Å². The van der Waals surface area contributed by atoms with E-state index in [2.05, 4.69) is 4.74 Å². The minimum absolute atomic E-state index is 0.0711. The van der Waals surface area contributed by atoms with Gasteiger partial charge in [0.1, 0.15) is 5.56 Å². The molecule has 5 nitrogen and oxygen atoms in total. The van der Waals surface area contributed by atoms with E-state index in [4.69, 9.17) is 11.6 Å². The quantitative estimate of drug-likeness (QED) is 0.341. The highest BCUT2D eigenvalue weighted by Crippen LogP contribution is 2.07. The molecule has 0 radical (unpaired) electrons. The Balaban J connectivity index is 3.23. The predicted molar refractivity (Wildman–Crippen MR) is 42.5 cm³/mol. The number of ether oxygens (including phenoxy) is 1. The van der Waals surface area contributed by atoms with E-state index in [1.165, 1.54) is 0 Å². The largest absolute Gasteiger partial charge is 0.465 e. The number of pyridine rings is 1. The number of hydrogen-bond acceptors (Lipinski definition) is 4. The number of rotatable bonds is 1. The summed E-state index contributed by atoms with van der Waals surface area (Å²) in [7, 11) is 1.15. The molecule has 0 aliphatic carbocycles. The second-order valence-corrected chi connectivity index (χ2v) is 2.36. The summed E-state index contributed by atoms with van der Waals surface area (Å²) < 4.78 is 18.2. The standard InChI is InChI=1S/C7H8FN3O2/c1-13-7(12)4-2-6(9)11(10)3-5(4)8/h2-3,9H,10H2,1H3/p+1. The lowest BCUT2D eigenvalue weighted by Gasteiger charge is -2.01. The van der Waals surface area contributed by atoms with Crippen molar-refractivity contribution < 1.29 is 18.6 Å². The fourth-order valence-corrected chi connectivity index (χ4v) is 0.824. The molecular weight excluding hydrogens is 177 g/mol. The molecule has 1 rings (SSSR count). The molecule has 4 N–H and O–H groups in total. The van der Waals surface area contributed by atoms with Gasteiger partial charge in [0.15, 0.2) is 12.0 Å². The zero-order valence-electron chi connectivity index (χ0n) is 6.95. The van der Waals surface area contributed by atoms with Crippen molar-refractivity contribution in [2.24, 2.45) is 0 Å². The number of esters is 1. The van der Waals surface area contributed by atoms with Crippen molar-refractivity contribution in [1.82, 2.24) is 0 Å². The van der Waals surface area contributed by atoms with Crippen molar-refractivity contribution >= 4 is 11.8 Å². The Kier molecular flexibility index (Phi) is 2.32. The van der Waals surface area contributed by atoms with Gasteiger partial charge in [0.2, 0.25) is 0 Å². The maximum Gasteiger partial charge on any atom is 0.341 e. The zero-order valence-corrected chi connectivity index (χ0v) is 6.95. The predicted octanol–water partition coefficient (Wildman–Crippen LogP) is -0.804. The van der Waals surface area contributed by atoms with Gasteiger partial charge in [-0.2, -0.15) is 0 Å². The molecule has 0 saturated carbocycles. The van der Waals surface area contributed by atoms with E-state index in [1.807, 2.05) is 0 Å². The summed E-state index contributed by atoms with van der Waals surface area (Å²) in [6.07, 6.45) is 0.904. The van der Waals surface area contributed by atoms with Crippen LogP contribution in [0.1, 0.15) is 10.4 Å².